The summed E-state index contributed by atoms with van der Waals surface area (Å²) in [5.74, 6) is -2.59. The molecule has 2 bridgehead atoms. The first-order valence-corrected chi connectivity index (χ1v) is 10.9. The molecule has 7 rings (SSSR count). The standard InChI is InChI=1S/C26H19ClN2O3/c1-26-18-8-4-2-6-16(18)20(17-7-3-5-9-19(17)26)21-22(26)25(32)29(24(21)31)28-23(30)14-10-12-15(27)13-11-14/h2-13,20-22H,1H3,(H,28,30)/t20?,21-,22+,26?/m0/s1. The second-order valence-corrected chi connectivity index (χ2v) is 9.25. The molecule has 3 aliphatic carbocycles. The van der Waals surface area contributed by atoms with E-state index in [1.54, 1.807) is 24.3 Å². The van der Waals surface area contributed by atoms with Crippen molar-refractivity contribution in [1.82, 2.24) is 10.4 Å². The molecule has 0 spiro atoms. The predicted octanol–water partition coefficient (Wildman–Crippen LogP) is 4.05. The van der Waals surface area contributed by atoms with Gasteiger partial charge < -0.3 is 0 Å². The molecular formula is C26H19ClN2O3. The number of halogens is 1. The van der Waals surface area contributed by atoms with Gasteiger partial charge in [-0.3, -0.25) is 19.8 Å². The summed E-state index contributed by atoms with van der Waals surface area (Å²) in [4.78, 5) is 40.1. The summed E-state index contributed by atoms with van der Waals surface area (Å²) in [6, 6.07) is 22.4. The van der Waals surface area contributed by atoms with Crippen LogP contribution in [0.1, 0.15) is 45.5 Å². The van der Waals surface area contributed by atoms with Crippen molar-refractivity contribution in [3.8, 4) is 0 Å². The molecule has 3 aromatic rings. The second kappa shape index (κ2) is 6.53. The molecule has 0 radical (unpaired) electrons. The lowest BCUT2D eigenvalue weighted by Crippen LogP contribution is -2.52. The minimum Gasteiger partial charge on any atom is -0.272 e. The highest BCUT2D eigenvalue weighted by Gasteiger charge is 2.66. The first kappa shape index (κ1) is 19.3. The van der Waals surface area contributed by atoms with Crippen LogP contribution >= 0.6 is 11.6 Å². The molecule has 1 heterocycles. The number of hydrogen-bond acceptors (Lipinski definition) is 3. The molecule has 1 saturated heterocycles. The van der Waals surface area contributed by atoms with Crippen LogP contribution in [0.4, 0.5) is 0 Å². The molecule has 158 valence electrons. The van der Waals surface area contributed by atoms with Gasteiger partial charge in [0.1, 0.15) is 0 Å². The zero-order valence-corrected chi connectivity index (χ0v) is 18.0. The van der Waals surface area contributed by atoms with Gasteiger partial charge in [0.05, 0.1) is 11.8 Å². The number of rotatable bonds is 2. The number of hydrogen-bond donors (Lipinski definition) is 1. The van der Waals surface area contributed by atoms with Crippen molar-refractivity contribution in [2.75, 3.05) is 0 Å². The summed E-state index contributed by atoms with van der Waals surface area (Å²) in [5.41, 5.74) is 6.56. The van der Waals surface area contributed by atoms with E-state index in [1.165, 1.54) is 0 Å². The third-order valence-corrected chi connectivity index (χ3v) is 7.61. The lowest BCUT2D eigenvalue weighted by Gasteiger charge is -2.52. The molecule has 3 amide bonds. The molecule has 0 unspecified atom stereocenters. The van der Waals surface area contributed by atoms with E-state index in [1.807, 2.05) is 31.2 Å². The number of carbonyl (C=O) groups is 3. The second-order valence-electron chi connectivity index (χ2n) is 8.82. The Kier molecular flexibility index (Phi) is 3.93. The average molecular weight is 443 g/mol. The van der Waals surface area contributed by atoms with Gasteiger partial charge in [-0.15, -0.1) is 0 Å². The fourth-order valence-corrected chi connectivity index (χ4v) is 6.15. The van der Waals surface area contributed by atoms with E-state index < -0.39 is 23.2 Å². The summed E-state index contributed by atoms with van der Waals surface area (Å²) in [6.45, 7) is 2.05. The van der Waals surface area contributed by atoms with Gasteiger partial charge >= 0.3 is 0 Å². The summed E-state index contributed by atoms with van der Waals surface area (Å²) < 4.78 is 0. The summed E-state index contributed by atoms with van der Waals surface area (Å²) >= 11 is 5.91. The van der Waals surface area contributed by atoms with Gasteiger partial charge in [0, 0.05) is 21.9 Å². The Hall–Kier alpha value is -3.44. The molecule has 1 fully saturated rings. The Morgan fingerprint density at radius 1 is 0.875 bits per heavy atom. The van der Waals surface area contributed by atoms with Gasteiger partial charge in [0.25, 0.3) is 17.7 Å². The normalized spacial score (nSPS) is 27.1. The average Bonchev–Trinajstić information content (AvgIpc) is 3.06. The van der Waals surface area contributed by atoms with E-state index in [-0.39, 0.29) is 17.7 Å². The molecule has 1 aliphatic heterocycles. The third-order valence-electron chi connectivity index (χ3n) is 7.36. The van der Waals surface area contributed by atoms with Crippen LogP contribution in [0.15, 0.2) is 72.8 Å². The summed E-state index contributed by atoms with van der Waals surface area (Å²) in [5, 5.41) is 1.44. The molecule has 5 nitrogen and oxygen atoms in total. The van der Waals surface area contributed by atoms with Gasteiger partial charge in [-0.1, -0.05) is 67.1 Å². The fraction of sp³-hybridized carbons (Fsp3) is 0.192. The van der Waals surface area contributed by atoms with Crippen LogP contribution in [0, 0.1) is 11.8 Å². The number of hydrazine groups is 1. The van der Waals surface area contributed by atoms with E-state index in [4.69, 9.17) is 11.6 Å². The number of nitrogens with zero attached hydrogens (tertiary/aromatic N) is 1. The van der Waals surface area contributed by atoms with Crippen LogP contribution in [-0.2, 0) is 15.0 Å². The highest BCUT2D eigenvalue weighted by atomic mass is 35.5. The molecule has 0 aromatic heterocycles. The maximum Gasteiger partial charge on any atom is 0.270 e. The number of benzene rings is 3. The van der Waals surface area contributed by atoms with Crippen LogP contribution in [0.2, 0.25) is 5.02 Å². The van der Waals surface area contributed by atoms with Crippen molar-refractivity contribution in [3.05, 3.63) is 106 Å². The first-order valence-electron chi connectivity index (χ1n) is 10.6. The van der Waals surface area contributed by atoms with Crippen LogP contribution in [0.5, 0.6) is 0 Å². The monoisotopic (exact) mass is 442 g/mol. The Labute approximate surface area is 190 Å². The Balaban J connectivity index is 1.45. The topological polar surface area (TPSA) is 66.5 Å². The van der Waals surface area contributed by atoms with E-state index in [9.17, 15) is 14.4 Å². The number of imide groups is 1. The molecule has 6 heteroatoms. The van der Waals surface area contributed by atoms with Crippen molar-refractivity contribution in [2.24, 2.45) is 11.8 Å². The molecule has 4 aliphatic rings. The lowest BCUT2D eigenvalue weighted by molar-refractivity contribution is -0.143. The molecular weight excluding hydrogens is 424 g/mol. The molecule has 1 N–H and O–H groups in total. The van der Waals surface area contributed by atoms with E-state index in [0.29, 0.717) is 10.6 Å². The molecule has 2 atom stereocenters. The van der Waals surface area contributed by atoms with Gasteiger partial charge in [-0.2, -0.15) is 5.01 Å². The largest absolute Gasteiger partial charge is 0.272 e. The van der Waals surface area contributed by atoms with Crippen LogP contribution in [0.25, 0.3) is 0 Å². The van der Waals surface area contributed by atoms with Crippen molar-refractivity contribution >= 4 is 29.3 Å². The van der Waals surface area contributed by atoms with E-state index in [2.05, 4.69) is 29.7 Å². The van der Waals surface area contributed by atoms with Crippen molar-refractivity contribution in [3.63, 3.8) is 0 Å². The SMILES string of the molecule is CC12c3ccccc3C(c3ccccc31)[C@@H]1C(=O)N(NC(=O)c3ccc(Cl)cc3)C(=O)[C@@H]12. The number of carbonyl (C=O) groups excluding carboxylic acids is 3. The lowest BCUT2D eigenvalue weighted by atomic mass is 9.48. The highest BCUT2D eigenvalue weighted by Crippen LogP contribution is 2.63. The van der Waals surface area contributed by atoms with Crippen LogP contribution in [0.3, 0.4) is 0 Å². The Bertz CT molecular complexity index is 1270. The van der Waals surface area contributed by atoms with E-state index >= 15 is 0 Å². The number of amides is 3. The van der Waals surface area contributed by atoms with Crippen LogP contribution in [-0.4, -0.2) is 22.7 Å². The summed E-state index contributed by atoms with van der Waals surface area (Å²) in [6.07, 6.45) is 0. The van der Waals surface area contributed by atoms with Crippen molar-refractivity contribution in [1.29, 1.82) is 0 Å². The molecule has 0 saturated carbocycles. The van der Waals surface area contributed by atoms with Gasteiger partial charge in [-0.05, 0) is 46.5 Å². The third kappa shape index (κ3) is 2.32. The summed E-state index contributed by atoms with van der Waals surface area (Å²) in [7, 11) is 0. The maximum atomic E-state index is 13.7. The highest BCUT2D eigenvalue weighted by molar-refractivity contribution is 6.30. The van der Waals surface area contributed by atoms with Crippen LogP contribution < -0.4 is 5.43 Å². The van der Waals surface area contributed by atoms with E-state index in [0.717, 1.165) is 27.3 Å². The predicted molar refractivity (Wildman–Crippen MR) is 119 cm³/mol. The quantitative estimate of drug-likeness (QED) is 0.609. The fourth-order valence-electron chi connectivity index (χ4n) is 6.03. The smallest absolute Gasteiger partial charge is 0.270 e. The molecule has 32 heavy (non-hydrogen) atoms. The van der Waals surface area contributed by atoms with Gasteiger partial charge in [-0.25, -0.2) is 0 Å². The van der Waals surface area contributed by atoms with Gasteiger partial charge in [0.2, 0.25) is 0 Å². The minimum atomic E-state index is -0.654. The Morgan fingerprint density at radius 2 is 1.44 bits per heavy atom. The van der Waals surface area contributed by atoms with Gasteiger partial charge in [0.15, 0.2) is 0 Å². The maximum absolute atomic E-state index is 13.7. The molecule has 3 aromatic carbocycles. The van der Waals surface area contributed by atoms with Crippen molar-refractivity contribution in [2.45, 2.75) is 18.3 Å². The first-order chi connectivity index (χ1) is 15.4. The zero-order chi connectivity index (χ0) is 22.2. The number of nitrogens with one attached hydrogen (secondary N) is 1. The zero-order valence-electron chi connectivity index (χ0n) is 17.2. The Morgan fingerprint density at radius 3 is 2.03 bits per heavy atom. The minimum absolute atomic E-state index is 0.219. The van der Waals surface area contributed by atoms with Crippen molar-refractivity contribution < 1.29 is 14.4 Å².